The van der Waals surface area contributed by atoms with Crippen molar-refractivity contribution in [3.05, 3.63) is 10.3 Å². The number of hydrogen-bond donors (Lipinski definition) is 1. The van der Waals surface area contributed by atoms with Crippen LogP contribution in [0.5, 0.6) is 0 Å². The lowest BCUT2D eigenvalue weighted by Crippen LogP contribution is -2.23. The summed E-state index contributed by atoms with van der Waals surface area (Å²) in [6.07, 6.45) is 2.31. The third-order valence-electron chi connectivity index (χ3n) is 3.10. The average Bonchev–Trinajstić information content (AvgIpc) is 2.53. The summed E-state index contributed by atoms with van der Waals surface area (Å²) in [7, 11) is 3.93. The van der Waals surface area contributed by atoms with Gasteiger partial charge in [0.25, 0.3) is 0 Å². The van der Waals surface area contributed by atoms with Gasteiger partial charge in [0, 0.05) is 7.05 Å². The number of hydrogen-bond acceptors (Lipinski definition) is 3. The SMILES string of the molecule is CNC(CC(C)CC(C)(C)C)c1c(Br)nnn1C. The van der Waals surface area contributed by atoms with E-state index < -0.39 is 0 Å². The smallest absolute Gasteiger partial charge is 0.153 e. The van der Waals surface area contributed by atoms with Crippen LogP contribution in [-0.2, 0) is 7.05 Å². The molecule has 104 valence electrons. The van der Waals surface area contributed by atoms with E-state index in [-0.39, 0.29) is 6.04 Å². The molecule has 1 aromatic heterocycles. The molecule has 0 aliphatic heterocycles. The first kappa shape index (κ1) is 15.6. The van der Waals surface area contributed by atoms with E-state index in [0.717, 1.165) is 16.7 Å². The Hall–Kier alpha value is -0.420. The lowest BCUT2D eigenvalue weighted by molar-refractivity contribution is 0.276. The topological polar surface area (TPSA) is 42.7 Å². The molecule has 4 nitrogen and oxygen atoms in total. The molecule has 0 spiro atoms. The molecule has 0 amide bonds. The van der Waals surface area contributed by atoms with Crippen LogP contribution in [0.3, 0.4) is 0 Å². The Morgan fingerprint density at radius 3 is 2.39 bits per heavy atom. The molecular weight excluding hydrogens is 292 g/mol. The second kappa shape index (κ2) is 6.15. The van der Waals surface area contributed by atoms with Crippen molar-refractivity contribution in [2.75, 3.05) is 7.05 Å². The fourth-order valence-electron chi connectivity index (χ4n) is 2.61. The van der Waals surface area contributed by atoms with Gasteiger partial charge in [-0.3, -0.25) is 0 Å². The number of nitrogens with one attached hydrogen (secondary N) is 1. The second-order valence-electron chi connectivity index (χ2n) is 6.34. The second-order valence-corrected chi connectivity index (χ2v) is 7.09. The number of aromatic nitrogens is 3. The summed E-state index contributed by atoms with van der Waals surface area (Å²) >= 11 is 3.48. The minimum Gasteiger partial charge on any atom is -0.312 e. The molecule has 5 heteroatoms. The van der Waals surface area contributed by atoms with Crippen LogP contribution in [0.15, 0.2) is 4.60 Å². The highest BCUT2D eigenvalue weighted by Crippen LogP contribution is 2.31. The Kier molecular flexibility index (Phi) is 5.34. The van der Waals surface area contributed by atoms with Gasteiger partial charge in [0.05, 0.1) is 11.7 Å². The highest BCUT2D eigenvalue weighted by Gasteiger charge is 2.23. The highest BCUT2D eigenvalue weighted by molar-refractivity contribution is 9.10. The molecule has 1 heterocycles. The Balaban J connectivity index is 2.74. The van der Waals surface area contributed by atoms with Crippen LogP contribution in [0.4, 0.5) is 0 Å². The van der Waals surface area contributed by atoms with Crippen molar-refractivity contribution >= 4 is 15.9 Å². The number of aryl methyl sites for hydroxylation is 1. The van der Waals surface area contributed by atoms with Gasteiger partial charge in [0.1, 0.15) is 0 Å². The zero-order chi connectivity index (χ0) is 13.9. The van der Waals surface area contributed by atoms with Gasteiger partial charge in [0.15, 0.2) is 4.60 Å². The average molecular weight is 317 g/mol. The van der Waals surface area contributed by atoms with E-state index >= 15 is 0 Å². The van der Waals surface area contributed by atoms with Crippen LogP contribution >= 0.6 is 15.9 Å². The maximum absolute atomic E-state index is 4.06. The quantitative estimate of drug-likeness (QED) is 0.906. The van der Waals surface area contributed by atoms with E-state index in [0.29, 0.717) is 11.3 Å². The van der Waals surface area contributed by atoms with Gasteiger partial charge in [-0.05, 0) is 47.2 Å². The molecule has 0 aromatic carbocycles. The number of halogens is 1. The third-order valence-corrected chi connectivity index (χ3v) is 3.67. The van der Waals surface area contributed by atoms with Gasteiger partial charge in [0.2, 0.25) is 0 Å². The molecule has 1 N–H and O–H groups in total. The van der Waals surface area contributed by atoms with E-state index in [2.05, 4.69) is 59.3 Å². The zero-order valence-corrected chi connectivity index (χ0v) is 13.9. The summed E-state index contributed by atoms with van der Waals surface area (Å²) < 4.78 is 2.68. The molecule has 0 radical (unpaired) electrons. The molecular formula is C13H25BrN4. The highest BCUT2D eigenvalue weighted by atomic mass is 79.9. The Labute approximate surface area is 119 Å². The summed E-state index contributed by atoms with van der Waals surface area (Å²) in [4.78, 5) is 0. The van der Waals surface area contributed by atoms with Gasteiger partial charge < -0.3 is 5.32 Å². The largest absolute Gasteiger partial charge is 0.312 e. The molecule has 1 aromatic rings. The molecule has 0 aliphatic carbocycles. The summed E-state index contributed by atoms with van der Waals surface area (Å²) in [6, 6.07) is 0.289. The van der Waals surface area contributed by atoms with E-state index in [1.165, 1.54) is 6.42 Å². The summed E-state index contributed by atoms with van der Waals surface area (Å²) in [5.74, 6) is 0.657. The lowest BCUT2D eigenvalue weighted by atomic mass is 9.82. The van der Waals surface area contributed by atoms with Crippen LogP contribution in [-0.4, -0.2) is 22.0 Å². The standard InChI is InChI=1S/C13H25BrN4/c1-9(8-13(2,3)4)7-10(15-5)11-12(14)16-17-18(11)6/h9-10,15H,7-8H2,1-6H3. The van der Waals surface area contributed by atoms with Crippen molar-refractivity contribution in [1.82, 2.24) is 20.3 Å². The maximum Gasteiger partial charge on any atom is 0.153 e. The Bertz CT molecular complexity index is 361. The lowest BCUT2D eigenvalue weighted by Gasteiger charge is -2.26. The van der Waals surface area contributed by atoms with Crippen molar-refractivity contribution in [3.63, 3.8) is 0 Å². The molecule has 0 aliphatic rings. The maximum atomic E-state index is 4.06. The monoisotopic (exact) mass is 316 g/mol. The first-order valence-electron chi connectivity index (χ1n) is 6.47. The molecule has 2 unspecified atom stereocenters. The molecule has 0 saturated heterocycles. The Morgan fingerprint density at radius 2 is 2.00 bits per heavy atom. The van der Waals surface area contributed by atoms with E-state index in [9.17, 15) is 0 Å². The first-order valence-corrected chi connectivity index (χ1v) is 7.26. The minimum absolute atomic E-state index is 0.289. The van der Waals surface area contributed by atoms with Gasteiger partial charge >= 0.3 is 0 Å². The first-order chi connectivity index (χ1) is 8.24. The molecule has 1 rings (SSSR count). The summed E-state index contributed by atoms with van der Waals surface area (Å²) in [5, 5.41) is 11.5. The molecule has 0 bridgehead atoms. The summed E-state index contributed by atoms with van der Waals surface area (Å²) in [5.41, 5.74) is 1.50. The van der Waals surface area contributed by atoms with Crippen LogP contribution in [0.2, 0.25) is 0 Å². The zero-order valence-electron chi connectivity index (χ0n) is 12.3. The van der Waals surface area contributed by atoms with Gasteiger partial charge in [-0.15, -0.1) is 5.10 Å². The van der Waals surface area contributed by atoms with Crippen molar-refractivity contribution in [2.45, 2.75) is 46.6 Å². The Morgan fingerprint density at radius 1 is 1.39 bits per heavy atom. The van der Waals surface area contributed by atoms with Crippen LogP contribution in [0.1, 0.15) is 52.3 Å². The van der Waals surface area contributed by atoms with Crippen molar-refractivity contribution in [1.29, 1.82) is 0 Å². The fourth-order valence-corrected chi connectivity index (χ4v) is 3.21. The van der Waals surface area contributed by atoms with E-state index in [1.54, 1.807) is 0 Å². The molecule has 18 heavy (non-hydrogen) atoms. The van der Waals surface area contributed by atoms with Crippen molar-refractivity contribution in [3.8, 4) is 0 Å². The van der Waals surface area contributed by atoms with Crippen LogP contribution in [0.25, 0.3) is 0 Å². The van der Waals surface area contributed by atoms with E-state index in [4.69, 9.17) is 0 Å². The normalized spacial score (nSPS) is 15.7. The van der Waals surface area contributed by atoms with Crippen LogP contribution < -0.4 is 5.32 Å². The number of nitrogens with zero attached hydrogens (tertiary/aromatic N) is 3. The van der Waals surface area contributed by atoms with Crippen molar-refractivity contribution < 1.29 is 0 Å². The molecule has 2 atom stereocenters. The molecule has 0 saturated carbocycles. The number of rotatable bonds is 5. The third kappa shape index (κ3) is 4.35. The van der Waals surface area contributed by atoms with Crippen molar-refractivity contribution in [2.24, 2.45) is 18.4 Å². The fraction of sp³-hybridized carbons (Fsp3) is 0.846. The van der Waals surface area contributed by atoms with Gasteiger partial charge in [-0.25, -0.2) is 4.68 Å². The predicted molar refractivity (Wildman–Crippen MR) is 78.4 cm³/mol. The summed E-state index contributed by atoms with van der Waals surface area (Å²) in [6.45, 7) is 9.19. The molecule has 0 fully saturated rings. The van der Waals surface area contributed by atoms with Gasteiger partial charge in [-0.2, -0.15) is 0 Å². The van der Waals surface area contributed by atoms with Crippen LogP contribution in [0, 0.1) is 11.3 Å². The predicted octanol–water partition coefficient (Wildman–Crippen LogP) is 3.30. The van der Waals surface area contributed by atoms with E-state index in [1.807, 2.05) is 18.8 Å². The minimum atomic E-state index is 0.289. The van der Waals surface area contributed by atoms with Gasteiger partial charge in [-0.1, -0.05) is 32.9 Å².